The van der Waals surface area contributed by atoms with Crippen molar-refractivity contribution in [2.45, 2.75) is 25.7 Å². The number of nitrogens with one attached hydrogen (secondary N) is 2. The van der Waals surface area contributed by atoms with Crippen LogP contribution in [0.5, 0.6) is 0 Å². The molecule has 4 rings (SSSR count). The lowest BCUT2D eigenvalue weighted by Crippen LogP contribution is -2.10. The number of H-pyrrole nitrogens is 1. The molecule has 3 N–H and O–H groups in total. The van der Waals surface area contributed by atoms with Gasteiger partial charge in [-0.1, -0.05) is 18.2 Å². The topological polar surface area (TPSA) is 86.7 Å². The van der Waals surface area contributed by atoms with Gasteiger partial charge in [-0.2, -0.15) is 5.10 Å². The Morgan fingerprint density at radius 2 is 1.93 bits per heavy atom. The van der Waals surface area contributed by atoms with E-state index in [-0.39, 0.29) is 18.3 Å². The number of aliphatic hydroxyl groups is 1. The Labute approximate surface area is 167 Å². The molecule has 1 atom stereocenters. The first-order valence-electron chi connectivity index (χ1n) is 9.55. The molecule has 6 nitrogen and oxygen atoms in total. The van der Waals surface area contributed by atoms with Gasteiger partial charge in [0.2, 0.25) is 0 Å². The normalized spacial score (nSPS) is 12.2. The van der Waals surface area contributed by atoms with Gasteiger partial charge in [0, 0.05) is 24.0 Å². The number of hydrogen-bond acceptors (Lipinski definition) is 5. The number of hydrogen-bond donors (Lipinski definition) is 3. The van der Waals surface area contributed by atoms with Crippen LogP contribution >= 0.6 is 0 Å². The second-order valence-electron chi connectivity index (χ2n) is 7.02. The third-order valence-electron chi connectivity index (χ3n) is 4.86. The highest BCUT2D eigenvalue weighted by Crippen LogP contribution is 2.31. The van der Waals surface area contributed by atoms with Crippen LogP contribution < -0.4 is 5.32 Å². The van der Waals surface area contributed by atoms with Gasteiger partial charge in [-0.25, -0.2) is 14.4 Å². The largest absolute Gasteiger partial charge is 0.396 e. The monoisotopic (exact) mass is 391 g/mol. The van der Waals surface area contributed by atoms with Gasteiger partial charge in [0.05, 0.1) is 11.7 Å². The highest BCUT2D eigenvalue weighted by molar-refractivity contribution is 5.91. The van der Waals surface area contributed by atoms with Gasteiger partial charge >= 0.3 is 0 Å². The number of nitrogens with zero attached hydrogens (tertiary/aromatic N) is 3. The molecule has 0 aliphatic rings. The maximum absolute atomic E-state index is 13.4. The smallest absolute Gasteiger partial charge is 0.143 e. The van der Waals surface area contributed by atoms with Crippen LogP contribution in [-0.2, 0) is 0 Å². The zero-order chi connectivity index (χ0) is 20.2. The third kappa shape index (κ3) is 4.25. The van der Waals surface area contributed by atoms with Crippen molar-refractivity contribution in [2.75, 3.05) is 11.9 Å². The van der Waals surface area contributed by atoms with E-state index >= 15 is 0 Å². The molecule has 0 aliphatic carbocycles. The van der Waals surface area contributed by atoms with Crippen LogP contribution in [0.3, 0.4) is 0 Å². The number of halogens is 1. The Balaban J connectivity index is 1.84. The van der Waals surface area contributed by atoms with E-state index in [0.29, 0.717) is 24.5 Å². The molecule has 0 radical (unpaired) electrons. The van der Waals surface area contributed by atoms with E-state index < -0.39 is 0 Å². The molecule has 7 heteroatoms. The standard InChI is InChI=1S/C22H22FN5O/c1-14-4-9-18-19(13-14)25-21(27-22(18)26-20-10-11-24-28-20)17(3-2-12-29)15-5-7-16(23)8-6-15/h4-11,13,17,29H,2-3,12H2,1H3,(H2,24,25,26,27,28). The van der Waals surface area contributed by atoms with E-state index in [1.807, 2.05) is 31.2 Å². The number of fused-ring (bicyclic) bond motifs is 1. The van der Waals surface area contributed by atoms with Gasteiger partial charge in [-0.3, -0.25) is 5.10 Å². The minimum absolute atomic E-state index is 0.0731. The molecule has 0 amide bonds. The van der Waals surface area contributed by atoms with Crippen LogP contribution in [0.4, 0.5) is 16.0 Å². The fraction of sp³-hybridized carbons (Fsp3) is 0.227. The zero-order valence-electron chi connectivity index (χ0n) is 16.1. The van der Waals surface area contributed by atoms with Gasteiger partial charge in [-0.15, -0.1) is 0 Å². The van der Waals surface area contributed by atoms with E-state index in [2.05, 4.69) is 15.5 Å². The van der Waals surface area contributed by atoms with Gasteiger partial charge in [0.25, 0.3) is 0 Å². The lowest BCUT2D eigenvalue weighted by atomic mass is 9.93. The second kappa shape index (κ2) is 8.36. The molecular formula is C22H22FN5O. The fourth-order valence-electron chi connectivity index (χ4n) is 3.40. The van der Waals surface area contributed by atoms with E-state index in [0.717, 1.165) is 27.8 Å². The Morgan fingerprint density at radius 1 is 1.10 bits per heavy atom. The van der Waals surface area contributed by atoms with Crippen LogP contribution in [-0.4, -0.2) is 31.9 Å². The SMILES string of the molecule is Cc1ccc2c(Nc3ccn[nH]3)nc(C(CCCO)c3ccc(F)cc3)nc2c1. The van der Waals surface area contributed by atoms with Crippen molar-refractivity contribution < 1.29 is 9.50 Å². The fourth-order valence-corrected chi connectivity index (χ4v) is 3.40. The highest BCUT2D eigenvalue weighted by atomic mass is 19.1. The number of aromatic amines is 1. The van der Waals surface area contributed by atoms with Crippen molar-refractivity contribution in [3.05, 3.63) is 77.5 Å². The summed E-state index contributed by atoms with van der Waals surface area (Å²) in [5.41, 5.74) is 2.84. The predicted octanol–water partition coefficient (Wildman–Crippen LogP) is 4.45. The van der Waals surface area contributed by atoms with Crippen LogP contribution in [0, 0.1) is 12.7 Å². The Morgan fingerprint density at radius 3 is 2.66 bits per heavy atom. The lowest BCUT2D eigenvalue weighted by molar-refractivity contribution is 0.281. The Hall–Kier alpha value is -3.32. The average molecular weight is 391 g/mol. The minimum atomic E-state index is -0.286. The first kappa shape index (κ1) is 19.0. The van der Waals surface area contributed by atoms with Crippen molar-refractivity contribution in [1.29, 1.82) is 0 Å². The number of aromatic nitrogens is 4. The molecule has 4 aromatic rings. The van der Waals surface area contributed by atoms with Crippen LogP contribution in [0.1, 0.15) is 35.7 Å². The lowest BCUT2D eigenvalue weighted by Gasteiger charge is -2.18. The van der Waals surface area contributed by atoms with Crippen molar-refractivity contribution in [2.24, 2.45) is 0 Å². The molecule has 148 valence electrons. The number of anilines is 2. The van der Waals surface area contributed by atoms with Crippen LogP contribution in [0.15, 0.2) is 54.7 Å². The quantitative estimate of drug-likeness (QED) is 0.433. The molecule has 2 heterocycles. The third-order valence-corrected chi connectivity index (χ3v) is 4.86. The van der Waals surface area contributed by atoms with Crippen LogP contribution in [0.2, 0.25) is 0 Å². The summed E-state index contributed by atoms with van der Waals surface area (Å²) >= 11 is 0. The molecular weight excluding hydrogens is 369 g/mol. The maximum Gasteiger partial charge on any atom is 0.143 e. The molecule has 1 unspecified atom stereocenters. The minimum Gasteiger partial charge on any atom is -0.396 e. The summed E-state index contributed by atoms with van der Waals surface area (Å²) in [5.74, 6) is 1.59. The summed E-state index contributed by atoms with van der Waals surface area (Å²) in [5, 5.41) is 20.4. The second-order valence-corrected chi connectivity index (χ2v) is 7.02. The molecule has 0 aliphatic heterocycles. The highest BCUT2D eigenvalue weighted by Gasteiger charge is 2.20. The molecule has 0 fully saturated rings. The molecule has 29 heavy (non-hydrogen) atoms. The van der Waals surface area contributed by atoms with Crippen molar-refractivity contribution >= 4 is 22.5 Å². The number of benzene rings is 2. The molecule has 0 spiro atoms. The van der Waals surface area contributed by atoms with Gasteiger partial charge in [0.1, 0.15) is 23.3 Å². The molecule has 0 saturated carbocycles. The summed E-state index contributed by atoms with van der Waals surface area (Å²) in [7, 11) is 0. The molecule has 0 saturated heterocycles. The van der Waals surface area contributed by atoms with Crippen LogP contribution in [0.25, 0.3) is 10.9 Å². The number of aryl methyl sites for hydroxylation is 1. The summed E-state index contributed by atoms with van der Waals surface area (Å²) in [6.07, 6.45) is 2.92. The number of rotatable bonds is 7. The summed E-state index contributed by atoms with van der Waals surface area (Å²) < 4.78 is 13.4. The zero-order valence-corrected chi connectivity index (χ0v) is 16.1. The summed E-state index contributed by atoms with van der Waals surface area (Å²) in [6.45, 7) is 2.09. The first-order valence-corrected chi connectivity index (χ1v) is 9.55. The van der Waals surface area contributed by atoms with Crippen molar-refractivity contribution in [3.8, 4) is 0 Å². The van der Waals surface area contributed by atoms with Gasteiger partial charge in [-0.05, 0) is 55.2 Å². The van der Waals surface area contributed by atoms with Gasteiger partial charge < -0.3 is 10.4 Å². The predicted molar refractivity (Wildman–Crippen MR) is 111 cm³/mol. The summed E-state index contributed by atoms with van der Waals surface area (Å²) in [6, 6.07) is 14.2. The Bertz CT molecular complexity index is 1100. The molecule has 0 bridgehead atoms. The van der Waals surface area contributed by atoms with E-state index in [9.17, 15) is 9.50 Å². The molecule has 2 aromatic carbocycles. The number of aliphatic hydroxyl groups excluding tert-OH is 1. The Kier molecular flexibility index (Phi) is 5.48. The van der Waals surface area contributed by atoms with E-state index in [4.69, 9.17) is 9.97 Å². The van der Waals surface area contributed by atoms with Crippen molar-refractivity contribution in [3.63, 3.8) is 0 Å². The average Bonchev–Trinajstić information content (AvgIpc) is 3.22. The summed E-state index contributed by atoms with van der Waals surface area (Å²) in [4.78, 5) is 9.64. The van der Waals surface area contributed by atoms with Gasteiger partial charge in [0.15, 0.2) is 0 Å². The van der Waals surface area contributed by atoms with E-state index in [1.165, 1.54) is 12.1 Å². The van der Waals surface area contributed by atoms with Crippen molar-refractivity contribution in [1.82, 2.24) is 20.2 Å². The molecule has 2 aromatic heterocycles. The van der Waals surface area contributed by atoms with E-state index in [1.54, 1.807) is 18.3 Å². The maximum atomic E-state index is 13.4. The first-order chi connectivity index (χ1) is 14.1.